The van der Waals surface area contributed by atoms with E-state index in [0.29, 0.717) is 10.9 Å². The van der Waals surface area contributed by atoms with E-state index in [1.165, 1.54) is 12.4 Å². The van der Waals surface area contributed by atoms with E-state index in [1.807, 2.05) is 5.43 Å². The number of nitrogens with zero attached hydrogens (tertiary/aromatic N) is 2. The van der Waals surface area contributed by atoms with Gasteiger partial charge in [0.2, 0.25) is 0 Å². The molecule has 0 bridgehead atoms. The number of nitrogens with two attached hydrogens (primary N) is 1. The molecule has 0 spiro atoms. The van der Waals surface area contributed by atoms with Crippen molar-refractivity contribution < 1.29 is 9.90 Å². The number of fused-ring (bicyclic) bond motifs is 1. The third-order valence-corrected chi connectivity index (χ3v) is 1.97. The summed E-state index contributed by atoms with van der Waals surface area (Å²) in [5.74, 6) is 4.03. The molecular formula is C9H8N4O2. The third-order valence-electron chi connectivity index (χ3n) is 1.97. The molecule has 2 rings (SSSR count). The van der Waals surface area contributed by atoms with E-state index < -0.39 is 5.91 Å². The second-order valence-electron chi connectivity index (χ2n) is 2.87. The maximum Gasteiger partial charge on any atom is 0.287 e. The number of hydrogen-bond acceptors (Lipinski definition) is 5. The predicted molar refractivity (Wildman–Crippen MR) is 52.9 cm³/mol. The number of hydrazine groups is 1. The van der Waals surface area contributed by atoms with Gasteiger partial charge in [-0.25, -0.2) is 10.8 Å². The topological polar surface area (TPSA) is 101 Å². The maximum absolute atomic E-state index is 11.2. The summed E-state index contributed by atoms with van der Waals surface area (Å²) in [6.07, 6.45) is 2.97. The number of nitrogens with one attached hydrogen (secondary N) is 1. The van der Waals surface area contributed by atoms with Gasteiger partial charge in [0.1, 0.15) is 5.52 Å². The SMILES string of the molecule is NNC(=O)c1ncc2cccnc2c1O. The summed E-state index contributed by atoms with van der Waals surface area (Å²) in [7, 11) is 0. The molecule has 15 heavy (non-hydrogen) atoms. The maximum atomic E-state index is 11.2. The lowest BCUT2D eigenvalue weighted by Gasteiger charge is -2.04. The number of aromatic hydroxyl groups is 1. The fraction of sp³-hybridized carbons (Fsp3) is 0. The Balaban J connectivity index is 2.70. The van der Waals surface area contributed by atoms with Gasteiger partial charge in [0, 0.05) is 17.8 Å². The van der Waals surface area contributed by atoms with Crippen molar-refractivity contribution in [3.05, 3.63) is 30.2 Å². The lowest BCUT2D eigenvalue weighted by molar-refractivity contribution is 0.0946. The first-order valence-electron chi connectivity index (χ1n) is 4.17. The molecule has 0 aliphatic rings. The lowest BCUT2D eigenvalue weighted by Crippen LogP contribution is -2.30. The first kappa shape index (κ1) is 9.35. The number of hydrogen-bond donors (Lipinski definition) is 3. The summed E-state index contributed by atoms with van der Waals surface area (Å²) < 4.78 is 0. The Morgan fingerprint density at radius 3 is 3.00 bits per heavy atom. The van der Waals surface area contributed by atoms with Crippen LogP contribution in [0, 0.1) is 0 Å². The molecule has 1 amide bonds. The Morgan fingerprint density at radius 2 is 2.27 bits per heavy atom. The molecule has 2 heterocycles. The van der Waals surface area contributed by atoms with Crippen molar-refractivity contribution >= 4 is 16.8 Å². The van der Waals surface area contributed by atoms with Crippen LogP contribution < -0.4 is 11.3 Å². The lowest BCUT2D eigenvalue weighted by atomic mass is 10.2. The zero-order valence-electron chi connectivity index (χ0n) is 7.64. The molecule has 0 radical (unpaired) electrons. The zero-order valence-corrected chi connectivity index (χ0v) is 7.64. The van der Waals surface area contributed by atoms with Gasteiger partial charge in [-0.2, -0.15) is 0 Å². The van der Waals surface area contributed by atoms with E-state index in [0.717, 1.165) is 0 Å². The summed E-state index contributed by atoms with van der Waals surface area (Å²) in [5, 5.41) is 10.4. The van der Waals surface area contributed by atoms with Crippen molar-refractivity contribution in [3.63, 3.8) is 0 Å². The van der Waals surface area contributed by atoms with Gasteiger partial charge in [-0.05, 0) is 12.1 Å². The van der Waals surface area contributed by atoms with E-state index >= 15 is 0 Å². The average molecular weight is 204 g/mol. The van der Waals surface area contributed by atoms with Crippen molar-refractivity contribution in [1.82, 2.24) is 15.4 Å². The summed E-state index contributed by atoms with van der Waals surface area (Å²) in [4.78, 5) is 18.9. The second-order valence-corrected chi connectivity index (χ2v) is 2.87. The molecule has 4 N–H and O–H groups in total. The van der Waals surface area contributed by atoms with Gasteiger partial charge in [0.05, 0.1) is 0 Å². The van der Waals surface area contributed by atoms with Crippen molar-refractivity contribution in [2.24, 2.45) is 5.84 Å². The molecular weight excluding hydrogens is 196 g/mol. The monoisotopic (exact) mass is 204 g/mol. The third kappa shape index (κ3) is 1.46. The first-order chi connectivity index (χ1) is 7.24. The molecule has 2 aromatic rings. The molecule has 6 nitrogen and oxygen atoms in total. The number of nitrogen functional groups attached to an aromatic ring is 1. The number of carbonyl (C=O) groups is 1. The molecule has 6 heteroatoms. The molecule has 76 valence electrons. The molecule has 0 aliphatic carbocycles. The van der Waals surface area contributed by atoms with Crippen LogP contribution in [0.4, 0.5) is 0 Å². The summed E-state index contributed by atoms with van der Waals surface area (Å²) >= 11 is 0. The van der Waals surface area contributed by atoms with Gasteiger partial charge in [-0.15, -0.1) is 0 Å². The summed E-state index contributed by atoms with van der Waals surface area (Å²) in [6.45, 7) is 0. The van der Waals surface area contributed by atoms with Crippen LogP contribution in [0.1, 0.15) is 10.5 Å². The summed E-state index contributed by atoms with van der Waals surface area (Å²) in [6, 6.07) is 3.45. The Bertz CT molecular complexity index is 527. The molecule has 2 aromatic heterocycles. The van der Waals surface area contributed by atoms with E-state index in [-0.39, 0.29) is 11.4 Å². The molecule has 0 fully saturated rings. The Labute approximate surface area is 84.7 Å². The highest BCUT2D eigenvalue weighted by Crippen LogP contribution is 2.24. The van der Waals surface area contributed by atoms with E-state index in [1.54, 1.807) is 12.1 Å². The fourth-order valence-corrected chi connectivity index (χ4v) is 1.26. The number of carbonyl (C=O) groups excluding carboxylic acids is 1. The fourth-order valence-electron chi connectivity index (χ4n) is 1.26. The number of pyridine rings is 2. The van der Waals surface area contributed by atoms with Crippen LogP contribution in [0.25, 0.3) is 10.9 Å². The Kier molecular flexibility index (Phi) is 2.18. The molecule has 0 saturated carbocycles. The minimum Gasteiger partial charge on any atom is -0.504 e. The van der Waals surface area contributed by atoms with Crippen LogP contribution in [-0.4, -0.2) is 21.0 Å². The van der Waals surface area contributed by atoms with E-state index in [4.69, 9.17) is 5.84 Å². The normalized spacial score (nSPS) is 10.2. The number of amides is 1. The number of aromatic nitrogens is 2. The van der Waals surface area contributed by atoms with Crippen LogP contribution in [0.5, 0.6) is 5.75 Å². The van der Waals surface area contributed by atoms with E-state index in [2.05, 4.69) is 9.97 Å². The molecule has 0 unspecified atom stereocenters. The van der Waals surface area contributed by atoms with Crippen LogP contribution in [0.3, 0.4) is 0 Å². The van der Waals surface area contributed by atoms with E-state index in [9.17, 15) is 9.90 Å². The Hall–Kier alpha value is -2.21. The average Bonchev–Trinajstić information content (AvgIpc) is 2.29. The minimum atomic E-state index is -0.653. The van der Waals surface area contributed by atoms with Crippen LogP contribution in [-0.2, 0) is 0 Å². The second kappa shape index (κ2) is 3.50. The van der Waals surface area contributed by atoms with Gasteiger partial charge in [0.15, 0.2) is 11.4 Å². The highest BCUT2D eigenvalue weighted by atomic mass is 16.3. The minimum absolute atomic E-state index is 0.135. The van der Waals surface area contributed by atoms with Crippen molar-refractivity contribution in [2.45, 2.75) is 0 Å². The number of rotatable bonds is 1. The predicted octanol–water partition coefficient (Wildman–Crippen LogP) is -0.0611. The van der Waals surface area contributed by atoms with Crippen molar-refractivity contribution in [1.29, 1.82) is 0 Å². The molecule has 0 atom stereocenters. The highest BCUT2D eigenvalue weighted by molar-refractivity contribution is 5.99. The van der Waals surface area contributed by atoms with Crippen LogP contribution >= 0.6 is 0 Å². The highest BCUT2D eigenvalue weighted by Gasteiger charge is 2.14. The van der Waals surface area contributed by atoms with Gasteiger partial charge in [-0.3, -0.25) is 15.2 Å². The van der Waals surface area contributed by atoms with Crippen LogP contribution in [0.15, 0.2) is 24.5 Å². The van der Waals surface area contributed by atoms with Gasteiger partial charge in [-0.1, -0.05) is 0 Å². The Morgan fingerprint density at radius 1 is 1.47 bits per heavy atom. The molecule has 0 aromatic carbocycles. The molecule has 0 aliphatic heterocycles. The first-order valence-corrected chi connectivity index (χ1v) is 4.17. The largest absolute Gasteiger partial charge is 0.504 e. The summed E-state index contributed by atoms with van der Waals surface area (Å²) in [5.41, 5.74) is 2.09. The van der Waals surface area contributed by atoms with Gasteiger partial charge >= 0.3 is 0 Å². The standard InChI is InChI=1S/C9H8N4O2/c10-13-9(15)7-8(14)6-5(4-12-7)2-1-3-11-6/h1-4,14H,10H2,(H,13,15). The zero-order chi connectivity index (χ0) is 10.8. The smallest absolute Gasteiger partial charge is 0.287 e. The van der Waals surface area contributed by atoms with Crippen molar-refractivity contribution in [2.75, 3.05) is 0 Å². The van der Waals surface area contributed by atoms with Crippen molar-refractivity contribution in [3.8, 4) is 5.75 Å². The van der Waals surface area contributed by atoms with Crippen LogP contribution in [0.2, 0.25) is 0 Å². The molecule has 0 saturated heterocycles. The quantitative estimate of drug-likeness (QED) is 0.343. The van der Waals surface area contributed by atoms with Gasteiger partial charge in [0.25, 0.3) is 5.91 Å². The van der Waals surface area contributed by atoms with Gasteiger partial charge < -0.3 is 5.11 Å².